The first-order chi connectivity index (χ1) is 5.74. The number of hydrogen-bond acceptors (Lipinski definition) is 1. The van der Waals surface area contributed by atoms with Gasteiger partial charge in [0.1, 0.15) is 0 Å². The summed E-state index contributed by atoms with van der Waals surface area (Å²) in [6.07, 6.45) is 5.27. The molecule has 2 aliphatic carbocycles. The lowest BCUT2D eigenvalue weighted by atomic mass is 9.85. The van der Waals surface area contributed by atoms with Gasteiger partial charge in [-0.05, 0) is 31.1 Å². The van der Waals surface area contributed by atoms with Gasteiger partial charge >= 0.3 is 6.09 Å². The van der Waals surface area contributed by atoms with Gasteiger partial charge in [-0.1, -0.05) is 12.8 Å². The monoisotopic (exact) mass is 169 g/mol. The van der Waals surface area contributed by atoms with E-state index in [1.165, 1.54) is 19.3 Å². The number of carbonyl (C=O) groups is 1. The predicted octanol–water partition coefficient (Wildman–Crippen LogP) is 1.83. The van der Waals surface area contributed by atoms with Gasteiger partial charge in [0.15, 0.2) is 0 Å². The molecule has 0 heterocycles. The molecule has 0 aromatic rings. The van der Waals surface area contributed by atoms with Crippen molar-refractivity contribution >= 4 is 6.09 Å². The SMILES string of the molecule is O=C(O)NC1CC2CCC(C2)C1. The third-order valence-electron chi connectivity index (χ3n) is 3.21. The van der Waals surface area contributed by atoms with Gasteiger partial charge in [0, 0.05) is 6.04 Å². The third kappa shape index (κ3) is 1.54. The molecule has 3 heteroatoms. The molecule has 2 bridgehead atoms. The van der Waals surface area contributed by atoms with Crippen LogP contribution in [0, 0.1) is 11.8 Å². The van der Waals surface area contributed by atoms with E-state index >= 15 is 0 Å². The van der Waals surface area contributed by atoms with E-state index in [4.69, 9.17) is 5.11 Å². The van der Waals surface area contributed by atoms with Crippen molar-refractivity contribution in [2.75, 3.05) is 0 Å². The fourth-order valence-electron chi connectivity index (χ4n) is 2.80. The molecular formula is C9H15NO2. The maximum Gasteiger partial charge on any atom is 0.404 e. The van der Waals surface area contributed by atoms with Gasteiger partial charge in [0.25, 0.3) is 0 Å². The smallest absolute Gasteiger partial charge is 0.404 e. The van der Waals surface area contributed by atoms with Gasteiger partial charge in [-0.3, -0.25) is 0 Å². The minimum Gasteiger partial charge on any atom is -0.465 e. The Morgan fingerprint density at radius 3 is 2.25 bits per heavy atom. The van der Waals surface area contributed by atoms with Gasteiger partial charge in [-0.2, -0.15) is 0 Å². The lowest BCUT2D eigenvalue weighted by molar-refractivity contribution is 0.180. The van der Waals surface area contributed by atoms with E-state index in [1.807, 2.05) is 0 Å². The second-order valence-corrected chi connectivity index (χ2v) is 4.16. The molecule has 2 rings (SSSR count). The van der Waals surface area contributed by atoms with Crippen molar-refractivity contribution in [1.82, 2.24) is 5.32 Å². The summed E-state index contributed by atoms with van der Waals surface area (Å²) in [5, 5.41) is 11.1. The Bertz CT molecular complexity index is 181. The highest BCUT2D eigenvalue weighted by atomic mass is 16.4. The highest BCUT2D eigenvalue weighted by Crippen LogP contribution is 2.41. The zero-order valence-electron chi connectivity index (χ0n) is 7.12. The average Bonchev–Trinajstić information content (AvgIpc) is 2.29. The largest absolute Gasteiger partial charge is 0.465 e. The number of nitrogens with one attached hydrogen (secondary N) is 1. The molecule has 3 nitrogen and oxygen atoms in total. The van der Waals surface area contributed by atoms with Crippen LogP contribution in [-0.2, 0) is 0 Å². The second-order valence-electron chi connectivity index (χ2n) is 4.16. The molecule has 2 fully saturated rings. The van der Waals surface area contributed by atoms with Crippen LogP contribution in [-0.4, -0.2) is 17.2 Å². The minimum absolute atomic E-state index is 0.244. The zero-order valence-corrected chi connectivity index (χ0v) is 7.12. The summed E-state index contributed by atoms with van der Waals surface area (Å²) in [6, 6.07) is 0.244. The van der Waals surface area contributed by atoms with Crippen LogP contribution in [0.25, 0.3) is 0 Å². The van der Waals surface area contributed by atoms with E-state index in [0.29, 0.717) is 0 Å². The maximum absolute atomic E-state index is 10.4. The summed E-state index contributed by atoms with van der Waals surface area (Å²) >= 11 is 0. The lowest BCUT2D eigenvalue weighted by Gasteiger charge is -2.27. The fourth-order valence-corrected chi connectivity index (χ4v) is 2.80. The van der Waals surface area contributed by atoms with Crippen molar-refractivity contribution in [3.63, 3.8) is 0 Å². The Hall–Kier alpha value is -0.730. The normalized spacial score (nSPS) is 39.5. The molecule has 2 saturated carbocycles. The molecule has 0 saturated heterocycles. The number of carboxylic acid groups (broad SMARTS) is 1. The van der Waals surface area contributed by atoms with Gasteiger partial charge < -0.3 is 10.4 Å². The van der Waals surface area contributed by atoms with Crippen LogP contribution >= 0.6 is 0 Å². The third-order valence-corrected chi connectivity index (χ3v) is 3.21. The van der Waals surface area contributed by atoms with E-state index < -0.39 is 6.09 Å². The second kappa shape index (κ2) is 2.96. The topological polar surface area (TPSA) is 49.3 Å². The van der Waals surface area contributed by atoms with E-state index in [0.717, 1.165) is 24.7 Å². The van der Waals surface area contributed by atoms with Crippen LogP contribution in [0.4, 0.5) is 4.79 Å². The first kappa shape index (κ1) is 7.90. The molecule has 2 unspecified atom stereocenters. The van der Waals surface area contributed by atoms with E-state index in [1.54, 1.807) is 0 Å². The zero-order chi connectivity index (χ0) is 8.55. The predicted molar refractivity (Wildman–Crippen MR) is 45.0 cm³/mol. The van der Waals surface area contributed by atoms with Crippen LogP contribution in [0.2, 0.25) is 0 Å². The first-order valence-corrected chi connectivity index (χ1v) is 4.73. The van der Waals surface area contributed by atoms with Gasteiger partial charge in [-0.25, -0.2) is 4.79 Å². The van der Waals surface area contributed by atoms with E-state index in [9.17, 15) is 4.79 Å². The highest BCUT2D eigenvalue weighted by molar-refractivity contribution is 5.64. The first-order valence-electron chi connectivity index (χ1n) is 4.73. The molecule has 0 aliphatic heterocycles. The summed E-state index contributed by atoms with van der Waals surface area (Å²) in [5.74, 6) is 1.61. The molecule has 0 spiro atoms. The van der Waals surface area contributed by atoms with Crippen molar-refractivity contribution in [3.8, 4) is 0 Å². The van der Waals surface area contributed by atoms with E-state index in [-0.39, 0.29) is 6.04 Å². The van der Waals surface area contributed by atoms with Crippen molar-refractivity contribution in [3.05, 3.63) is 0 Å². The Kier molecular flexibility index (Phi) is 1.95. The van der Waals surface area contributed by atoms with E-state index in [2.05, 4.69) is 5.32 Å². The summed E-state index contributed by atoms with van der Waals surface area (Å²) < 4.78 is 0. The Morgan fingerprint density at radius 1 is 1.17 bits per heavy atom. The molecule has 68 valence electrons. The molecule has 1 amide bonds. The number of hydrogen-bond donors (Lipinski definition) is 2. The molecule has 0 radical (unpaired) electrons. The Morgan fingerprint density at radius 2 is 1.75 bits per heavy atom. The van der Waals surface area contributed by atoms with Crippen LogP contribution in [0.1, 0.15) is 32.1 Å². The Labute approximate surface area is 72.2 Å². The van der Waals surface area contributed by atoms with Crippen LogP contribution in [0.5, 0.6) is 0 Å². The van der Waals surface area contributed by atoms with Gasteiger partial charge in [-0.15, -0.1) is 0 Å². The van der Waals surface area contributed by atoms with Crippen molar-refractivity contribution in [2.45, 2.75) is 38.1 Å². The number of rotatable bonds is 1. The number of fused-ring (bicyclic) bond motifs is 2. The van der Waals surface area contributed by atoms with Crippen LogP contribution in [0.3, 0.4) is 0 Å². The maximum atomic E-state index is 10.4. The number of amides is 1. The Balaban J connectivity index is 1.89. The van der Waals surface area contributed by atoms with Crippen molar-refractivity contribution < 1.29 is 9.90 Å². The molecule has 2 atom stereocenters. The summed E-state index contributed by atoms with van der Waals surface area (Å²) in [5.41, 5.74) is 0. The van der Waals surface area contributed by atoms with Crippen LogP contribution < -0.4 is 5.32 Å². The molecular weight excluding hydrogens is 154 g/mol. The average molecular weight is 169 g/mol. The van der Waals surface area contributed by atoms with Crippen LogP contribution in [0.15, 0.2) is 0 Å². The molecule has 12 heavy (non-hydrogen) atoms. The summed E-state index contributed by atoms with van der Waals surface area (Å²) in [6.45, 7) is 0. The molecule has 2 N–H and O–H groups in total. The van der Waals surface area contributed by atoms with Crippen molar-refractivity contribution in [1.29, 1.82) is 0 Å². The standard InChI is InChI=1S/C9H15NO2/c11-9(12)10-8-4-6-1-2-7(3-6)5-8/h6-8,10H,1-5H2,(H,11,12). The lowest BCUT2D eigenvalue weighted by Crippen LogP contribution is -2.37. The minimum atomic E-state index is -0.860. The summed E-state index contributed by atoms with van der Waals surface area (Å²) in [4.78, 5) is 10.4. The molecule has 0 aromatic carbocycles. The molecule has 2 aliphatic rings. The fraction of sp³-hybridized carbons (Fsp3) is 0.889. The van der Waals surface area contributed by atoms with Gasteiger partial charge in [0.2, 0.25) is 0 Å². The van der Waals surface area contributed by atoms with Crippen molar-refractivity contribution in [2.24, 2.45) is 11.8 Å². The highest BCUT2D eigenvalue weighted by Gasteiger charge is 2.34. The summed E-state index contributed by atoms with van der Waals surface area (Å²) in [7, 11) is 0. The molecule has 0 aromatic heterocycles. The quantitative estimate of drug-likeness (QED) is 0.629. The van der Waals surface area contributed by atoms with Gasteiger partial charge in [0.05, 0.1) is 0 Å².